The summed E-state index contributed by atoms with van der Waals surface area (Å²) in [4.78, 5) is 15.5. The molecule has 1 amide bonds. The van der Waals surface area contributed by atoms with Gasteiger partial charge in [-0.3, -0.25) is 4.79 Å². The summed E-state index contributed by atoms with van der Waals surface area (Å²) in [6.45, 7) is 6.02. The first-order valence-electron chi connectivity index (χ1n) is 6.77. The van der Waals surface area contributed by atoms with E-state index in [1.165, 1.54) is 6.42 Å². The molecule has 0 bridgehead atoms. The van der Waals surface area contributed by atoms with E-state index in [2.05, 4.69) is 6.92 Å². The van der Waals surface area contributed by atoms with Crippen molar-refractivity contribution in [2.24, 2.45) is 5.92 Å². The normalized spacial score (nSPS) is 21.2. The zero-order chi connectivity index (χ0) is 13.8. The third-order valence-corrected chi connectivity index (χ3v) is 4.79. The average Bonchev–Trinajstić information content (AvgIpc) is 2.40. The maximum absolute atomic E-state index is 12.4. The molecule has 0 unspecified atom stereocenters. The smallest absolute Gasteiger partial charge is 0.235 e. The van der Waals surface area contributed by atoms with Crippen LogP contribution >= 0.6 is 23.4 Å². The number of piperidine rings is 1. The lowest BCUT2D eigenvalue weighted by molar-refractivity contribution is -0.131. The minimum Gasteiger partial charge on any atom is -0.341 e. The standard InChI is InChI=1S/C15H20ClNOS/c1-11-4-3-9-17(10-11)15(18)12(2)19-14-7-5-13(16)6-8-14/h5-8,11-12H,3-4,9-10H2,1-2H3/t11-,12+/m0/s1. The first-order valence-corrected chi connectivity index (χ1v) is 8.03. The highest BCUT2D eigenvalue weighted by Gasteiger charge is 2.25. The molecule has 4 heteroatoms. The second-order valence-electron chi connectivity index (χ2n) is 5.25. The van der Waals surface area contributed by atoms with E-state index >= 15 is 0 Å². The molecule has 1 aromatic carbocycles. The lowest BCUT2D eigenvalue weighted by Gasteiger charge is -2.32. The molecule has 0 aliphatic carbocycles. The summed E-state index contributed by atoms with van der Waals surface area (Å²) in [7, 11) is 0. The Kier molecular flexibility index (Phi) is 5.17. The quantitative estimate of drug-likeness (QED) is 0.784. The van der Waals surface area contributed by atoms with Crippen LogP contribution in [-0.2, 0) is 4.79 Å². The third-order valence-electron chi connectivity index (χ3n) is 3.44. The Labute approximate surface area is 124 Å². The molecule has 104 valence electrons. The fourth-order valence-electron chi connectivity index (χ4n) is 2.41. The van der Waals surface area contributed by atoms with Crippen molar-refractivity contribution in [3.8, 4) is 0 Å². The molecule has 1 heterocycles. The fraction of sp³-hybridized carbons (Fsp3) is 0.533. The molecule has 2 atom stereocenters. The molecule has 1 aliphatic heterocycles. The van der Waals surface area contributed by atoms with Gasteiger partial charge in [0, 0.05) is 23.0 Å². The van der Waals surface area contributed by atoms with Crippen LogP contribution in [0, 0.1) is 5.92 Å². The number of carbonyl (C=O) groups excluding carboxylic acids is 1. The highest BCUT2D eigenvalue weighted by atomic mass is 35.5. The zero-order valence-corrected chi connectivity index (χ0v) is 13.0. The summed E-state index contributed by atoms with van der Waals surface area (Å²) in [6, 6.07) is 7.67. The van der Waals surface area contributed by atoms with Crippen molar-refractivity contribution in [3.63, 3.8) is 0 Å². The third kappa shape index (κ3) is 4.15. The van der Waals surface area contributed by atoms with Crippen molar-refractivity contribution < 1.29 is 4.79 Å². The Balaban J connectivity index is 1.93. The van der Waals surface area contributed by atoms with E-state index in [0.29, 0.717) is 5.92 Å². The van der Waals surface area contributed by atoms with Crippen LogP contribution in [0.2, 0.25) is 5.02 Å². The van der Waals surface area contributed by atoms with Gasteiger partial charge in [-0.15, -0.1) is 11.8 Å². The summed E-state index contributed by atoms with van der Waals surface area (Å²) in [5, 5.41) is 0.694. The van der Waals surface area contributed by atoms with Crippen LogP contribution in [0.1, 0.15) is 26.7 Å². The van der Waals surface area contributed by atoms with E-state index in [1.807, 2.05) is 36.1 Å². The Bertz CT molecular complexity index is 434. The van der Waals surface area contributed by atoms with Gasteiger partial charge in [-0.05, 0) is 49.9 Å². The number of thioether (sulfide) groups is 1. The Morgan fingerprint density at radius 1 is 1.42 bits per heavy atom. The number of likely N-dealkylation sites (tertiary alicyclic amines) is 1. The molecule has 0 aromatic heterocycles. The van der Waals surface area contributed by atoms with E-state index in [4.69, 9.17) is 11.6 Å². The van der Waals surface area contributed by atoms with E-state index < -0.39 is 0 Å². The lowest BCUT2D eigenvalue weighted by Crippen LogP contribution is -2.42. The maximum atomic E-state index is 12.4. The molecule has 19 heavy (non-hydrogen) atoms. The maximum Gasteiger partial charge on any atom is 0.235 e. The summed E-state index contributed by atoms with van der Waals surface area (Å²) in [5.41, 5.74) is 0. The lowest BCUT2D eigenvalue weighted by atomic mass is 10.0. The van der Waals surface area contributed by atoms with E-state index in [-0.39, 0.29) is 11.2 Å². The van der Waals surface area contributed by atoms with Crippen molar-refractivity contribution in [1.82, 2.24) is 4.90 Å². The number of benzene rings is 1. The number of rotatable bonds is 3. The van der Waals surface area contributed by atoms with Gasteiger partial charge in [0.1, 0.15) is 0 Å². The van der Waals surface area contributed by atoms with Crippen LogP contribution in [0.3, 0.4) is 0 Å². The van der Waals surface area contributed by atoms with Crippen LogP contribution < -0.4 is 0 Å². The van der Waals surface area contributed by atoms with Crippen LogP contribution in [0.15, 0.2) is 29.2 Å². The van der Waals surface area contributed by atoms with Crippen molar-refractivity contribution in [3.05, 3.63) is 29.3 Å². The van der Waals surface area contributed by atoms with Gasteiger partial charge in [0.05, 0.1) is 5.25 Å². The average molecular weight is 298 g/mol. The predicted octanol–water partition coefficient (Wildman–Crippen LogP) is 4.08. The number of hydrogen-bond acceptors (Lipinski definition) is 2. The Hall–Kier alpha value is -0.670. The molecule has 1 aromatic rings. The molecular formula is C15H20ClNOS. The second kappa shape index (κ2) is 6.67. The van der Waals surface area contributed by atoms with Gasteiger partial charge in [-0.1, -0.05) is 18.5 Å². The molecule has 1 fully saturated rings. The molecule has 2 rings (SSSR count). The number of hydrogen-bond donors (Lipinski definition) is 0. The molecular weight excluding hydrogens is 278 g/mol. The van der Waals surface area contributed by atoms with Crippen LogP contribution in [0.5, 0.6) is 0 Å². The summed E-state index contributed by atoms with van der Waals surface area (Å²) >= 11 is 7.47. The van der Waals surface area contributed by atoms with Gasteiger partial charge < -0.3 is 4.90 Å². The van der Waals surface area contributed by atoms with Crippen molar-refractivity contribution in [1.29, 1.82) is 0 Å². The van der Waals surface area contributed by atoms with E-state index in [1.54, 1.807) is 11.8 Å². The second-order valence-corrected chi connectivity index (χ2v) is 7.10. The first-order chi connectivity index (χ1) is 9.06. The zero-order valence-electron chi connectivity index (χ0n) is 11.4. The number of carbonyl (C=O) groups is 1. The summed E-state index contributed by atoms with van der Waals surface area (Å²) in [5.74, 6) is 0.886. The number of halogens is 1. The van der Waals surface area contributed by atoms with Crippen molar-refractivity contribution in [2.45, 2.75) is 36.8 Å². The van der Waals surface area contributed by atoms with Crippen molar-refractivity contribution in [2.75, 3.05) is 13.1 Å². The minimum atomic E-state index is -0.0357. The van der Waals surface area contributed by atoms with Gasteiger partial charge in [-0.25, -0.2) is 0 Å². The van der Waals surface area contributed by atoms with Crippen LogP contribution in [-0.4, -0.2) is 29.1 Å². The molecule has 0 spiro atoms. The van der Waals surface area contributed by atoms with Gasteiger partial charge in [0.25, 0.3) is 0 Å². The Morgan fingerprint density at radius 3 is 2.74 bits per heavy atom. The topological polar surface area (TPSA) is 20.3 Å². The van der Waals surface area contributed by atoms with E-state index in [0.717, 1.165) is 29.4 Å². The van der Waals surface area contributed by atoms with Crippen LogP contribution in [0.25, 0.3) is 0 Å². The molecule has 1 saturated heterocycles. The minimum absolute atomic E-state index is 0.0357. The predicted molar refractivity (Wildman–Crippen MR) is 81.7 cm³/mol. The molecule has 2 nitrogen and oxygen atoms in total. The molecule has 0 saturated carbocycles. The summed E-state index contributed by atoms with van der Waals surface area (Å²) < 4.78 is 0. The SMILES string of the molecule is C[C@H]1CCCN(C(=O)[C@@H](C)Sc2ccc(Cl)cc2)C1. The Morgan fingerprint density at radius 2 is 2.11 bits per heavy atom. The number of amides is 1. The largest absolute Gasteiger partial charge is 0.341 e. The summed E-state index contributed by atoms with van der Waals surface area (Å²) in [6.07, 6.45) is 2.37. The molecule has 1 aliphatic rings. The first kappa shape index (κ1) is 14.7. The highest BCUT2D eigenvalue weighted by Crippen LogP contribution is 2.27. The monoisotopic (exact) mass is 297 g/mol. The van der Waals surface area contributed by atoms with E-state index in [9.17, 15) is 4.79 Å². The van der Waals surface area contributed by atoms with Gasteiger partial charge in [0.2, 0.25) is 5.91 Å². The van der Waals surface area contributed by atoms with Gasteiger partial charge >= 0.3 is 0 Å². The highest BCUT2D eigenvalue weighted by molar-refractivity contribution is 8.00. The van der Waals surface area contributed by atoms with Gasteiger partial charge in [0.15, 0.2) is 0 Å². The molecule has 0 radical (unpaired) electrons. The number of nitrogens with zero attached hydrogens (tertiary/aromatic N) is 1. The fourth-order valence-corrected chi connectivity index (χ4v) is 3.49. The van der Waals surface area contributed by atoms with Gasteiger partial charge in [-0.2, -0.15) is 0 Å². The molecule has 0 N–H and O–H groups in total. The van der Waals surface area contributed by atoms with Crippen molar-refractivity contribution >= 4 is 29.3 Å². The van der Waals surface area contributed by atoms with Crippen LogP contribution in [0.4, 0.5) is 0 Å².